The summed E-state index contributed by atoms with van der Waals surface area (Å²) in [7, 11) is 0. The maximum absolute atomic E-state index is 11.7. The molecule has 0 unspecified atom stereocenters. The molecule has 17 heavy (non-hydrogen) atoms. The van der Waals surface area contributed by atoms with Gasteiger partial charge in [0.25, 0.3) is 6.08 Å². The smallest absolute Gasteiger partial charge is 0.269 e. The second kappa shape index (κ2) is 12.6. The molecule has 0 spiro atoms. The van der Waals surface area contributed by atoms with Crippen LogP contribution >= 0.6 is 0 Å². The van der Waals surface area contributed by atoms with E-state index in [1.165, 1.54) is 13.2 Å². The predicted octanol–water partition coefficient (Wildman–Crippen LogP) is 5.21. The summed E-state index contributed by atoms with van der Waals surface area (Å²) in [6.07, 6.45) is 2.63. The normalized spacial score (nSPS) is 8.12. The van der Waals surface area contributed by atoms with E-state index in [4.69, 9.17) is 0 Å². The predicted molar refractivity (Wildman–Crippen MR) is 66.8 cm³/mol. The van der Waals surface area contributed by atoms with Crippen LogP contribution in [-0.4, -0.2) is 5.16 Å². The van der Waals surface area contributed by atoms with Crippen LogP contribution in [0, 0.1) is 0 Å². The average Bonchev–Trinajstić information content (AvgIpc) is 2.87. The zero-order valence-corrected chi connectivity index (χ0v) is 11.0. The van der Waals surface area contributed by atoms with Gasteiger partial charge in [-0.15, -0.1) is 6.58 Å². The first-order valence-electron chi connectivity index (χ1n) is 5.53. The van der Waals surface area contributed by atoms with Crippen LogP contribution in [0.1, 0.15) is 40.5 Å². The minimum absolute atomic E-state index is 0.169. The molecule has 0 radical (unpaired) electrons. The van der Waals surface area contributed by atoms with E-state index in [9.17, 15) is 8.78 Å². The molecule has 2 nitrogen and oxygen atoms in total. The van der Waals surface area contributed by atoms with E-state index in [0.29, 0.717) is 12.8 Å². The molecule has 0 saturated carbocycles. The number of rotatable bonds is 3. The van der Waals surface area contributed by atoms with Crippen molar-refractivity contribution >= 4 is 0 Å². The molecule has 0 amide bonds. The monoisotopic (exact) mass is 245 g/mol. The third-order valence-electron chi connectivity index (χ3n) is 1.60. The first kappa shape index (κ1) is 17.9. The Bertz CT molecular complexity index is 284. The van der Waals surface area contributed by atoms with Crippen LogP contribution in [0.2, 0.25) is 0 Å². The van der Waals surface area contributed by atoms with Crippen molar-refractivity contribution in [3.8, 4) is 0 Å². The molecule has 0 bridgehead atoms. The minimum Gasteiger partial charge on any atom is -0.365 e. The van der Waals surface area contributed by atoms with E-state index in [1.807, 2.05) is 20.8 Å². The van der Waals surface area contributed by atoms with Gasteiger partial charge in [0.1, 0.15) is 6.26 Å². The van der Waals surface area contributed by atoms with Crippen molar-refractivity contribution in [2.75, 3.05) is 0 Å². The van der Waals surface area contributed by atoms with Gasteiger partial charge < -0.3 is 4.52 Å². The summed E-state index contributed by atoms with van der Waals surface area (Å²) in [6, 6.07) is 1.72. The topological polar surface area (TPSA) is 26.0 Å². The maximum atomic E-state index is 11.7. The van der Waals surface area contributed by atoms with Gasteiger partial charge in [0, 0.05) is 0 Å². The van der Waals surface area contributed by atoms with Crippen molar-refractivity contribution in [1.29, 1.82) is 0 Å². The number of allylic oxidation sites excluding steroid dienone is 2. The van der Waals surface area contributed by atoms with E-state index in [0.717, 1.165) is 5.57 Å². The molecule has 98 valence electrons. The van der Waals surface area contributed by atoms with E-state index in [-0.39, 0.29) is 5.57 Å². The fourth-order valence-corrected chi connectivity index (χ4v) is 0.671. The Kier molecular flexibility index (Phi) is 13.3. The van der Waals surface area contributed by atoms with Crippen LogP contribution in [0.3, 0.4) is 0 Å². The SMILES string of the molecule is C=C(C)CCC(C)=C(F)F.CC.c1cnoc1. The highest BCUT2D eigenvalue weighted by Crippen LogP contribution is 2.14. The summed E-state index contributed by atoms with van der Waals surface area (Å²) in [5.74, 6) is 0. The fraction of sp³-hybridized carbons (Fsp3) is 0.462. The molecule has 0 aliphatic heterocycles. The van der Waals surface area contributed by atoms with Gasteiger partial charge in [-0.2, -0.15) is 8.78 Å². The van der Waals surface area contributed by atoms with Crippen LogP contribution in [0.25, 0.3) is 0 Å². The number of halogens is 2. The van der Waals surface area contributed by atoms with Crippen molar-refractivity contribution in [3.05, 3.63) is 42.3 Å². The van der Waals surface area contributed by atoms with Crippen molar-refractivity contribution in [1.82, 2.24) is 5.16 Å². The highest BCUT2D eigenvalue weighted by molar-refractivity contribution is 5.02. The molecule has 0 atom stereocenters. The molecule has 1 aromatic heterocycles. The van der Waals surface area contributed by atoms with Gasteiger partial charge in [-0.25, -0.2) is 0 Å². The molecule has 1 rings (SSSR count). The van der Waals surface area contributed by atoms with Crippen molar-refractivity contribution in [2.45, 2.75) is 40.5 Å². The number of hydrogen-bond acceptors (Lipinski definition) is 2. The third kappa shape index (κ3) is 14.6. The van der Waals surface area contributed by atoms with E-state index in [2.05, 4.69) is 16.3 Å². The molecule has 0 N–H and O–H groups in total. The molecule has 4 heteroatoms. The van der Waals surface area contributed by atoms with Crippen LogP contribution in [0.4, 0.5) is 8.78 Å². The zero-order chi connectivity index (χ0) is 13.7. The van der Waals surface area contributed by atoms with Crippen LogP contribution in [0.15, 0.2) is 46.9 Å². The highest BCUT2D eigenvalue weighted by atomic mass is 19.3. The summed E-state index contributed by atoms with van der Waals surface area (Å²) < 4.78 is 27.8. The van der Waals surface area contributed by atoms with E-state index < -0.39 is 6.08 Å². The van der Waals surface area contributed by atoms with Gasteiger partial charge in [0.05, 0.1) is 6.20 Å². The molecule has 0 fully saturated rings. The maximum Gasteiger partial charge on any atom is 0.269 e. The lowest BCUT2D eigenvalue weighted by Crippen LogP contribution is -1.80. The van der Waals surface area contributed by atoms with Crippen molar-refractivity contribution in [2.24, 2.45) is 0 Å². The summed E-state index contributed by atoms with van der Waals surface area (Å²) in [5.41, 5.74) is 1.11. The molecule has 0 saturated heterocycles. The zero-order valence-electron chi connectivity index (χ0n) is 11.0. The van der Waals surface area contributed by atoms with Crippen molar-refractivity contribution in [3.63, 3.8) is 0 Å². The summed E-state index contributed by atoms with van der Waals surface area (Å²) in [4.78, 5) is 0. The lowest BCUT2D eigenvalue weighted by atomic mass is 10.1. The third-order valence-corrected chi connectivity index (χ3v) is 1.60. The lowest BCUT2D eigenvalue weighted by Gasteiger charge is -1.97. The van der Waals surface area contributed by atoms with Crippen LogP contribution < -0.4 is 0 Å². The second-order valence-electron chi connectivity index (χ2n) is 3.19. The Labute approximate surface area is 102 Å². The van der Waals surface area contributed by atoms with Crippen molar-refractivity contribution < 1.29 is 13.3 Å². The first-order valence-corrected chi connectivity index (χ1v) is 5.53. The largest absolute Gasteiger partial charge is 0.365 e. The fourth-order valence-electron chi connectivity index (χ4n) is 0.671. The van der Waals surface area contributed by atoms with Gasteiger partial charge in [-0.05, 0) is 38.3 Å². The van der Waals surface area contributed by atoms with Gasteiger partial charge in [-0.1, -0.05) is 24.6 Å². The van der Waals surface area contributed by atoms with Gasteiger partial charge in [0.2, 0.25) is 0 Å². The number of aromatic nitrogens is 1. The van der Waals surface area contributed by atoms with Crippen LogP contribution in [-0.2, 0) is 0 Å². The minimum atomic E-state index is -1.55. The van der Waals surface area contributed by atoms with Gasteiger partial charge >= 0.3 is 0 Å². The highest BCUT2D eigenvalue weighted by Gasteiger charge is 1.98. The number of nitrogens with zero attached hydrogens (tertiary/aromatic N) is 1. The summed E-state index contributed by atoms with van der Waals surface area (Å²) in [5, 5.41) is 3.35. The summed E-state index contributed by atoms with van der Waals surface area (Å²) >= 11 is 0. The average molecular weight is 245 g/mol. The molecule has 0 aliphatic carbocycles. The van der Waals surface area contributed by atoms with Gasteiger partial charge in [-0.3, -0.25) is 0 Å². The van der Waals surface area contributed by atoms with E-state index >= 15 is 0 Å². The Morgan fingerprint density at radius 1 is 1.24 bits per heavy atom. The molecule has 0 aromatic carbocycles. The summed E-state index contributed by atoms with van der Waals surface area (Å²) in [6.45, 7) is 10.9. The molecular weight excluding hydrogens is 224 g/mol. The first-order chi connectivity index (χ1) is 8.04. The van der Waals surface area contributed by atoms with Gasteiger partial charge in [0.15, 0.2) is 0 Å². The van der Waals surface area contributed by atoms with E-state index in [1.54, 1.807) is 12.3 Å². The Balaban J connectivity index is 0. The van der Waals surface area contributed by atoms with Crippen LogP contribution in [0.5, 0.6) is 0 Å². The number of hydrogen-bond donors (Lipinski definition) is 0. The standard InChI is InChI=1S/C8H12F2.C3H3NO.C2H6/c1-6(2)4-5-7(3)8(9)10;1-2-4-5-3-1;1-2/h1,4-5H2,2-3H3;1-3H;1-2H3. The molecular formula is C13H21F2NO. The Morgan fingerprint density at radius 3 is 2.06 bits per heavy atom. The Morgan fingerprint density at radius 2 is 1.82 bits per heavy atom. The lowest BCUT2D eigenvalue weighted by molar-refractivity contribution is 0.408. The second-order valence-corrected chi connectivity index (χ2v) is 3.19. The molecule has 1 heterocycles. The quantitative estimate of drug-likeness (QED) is 0.683. The molecule has 1 aromatic rings. The Hall–Kier alpha value is -1.45. The molecule has 0 aliphatic rings.